The summed E-state index contributed by atoms with van der Waals surface area (Å²) in [7, 11) is 1.56. The van der Waals surface area contributed by atoms with Gasteiger partial charge < -0.3 is 9.47 Å². The second-order valence-electron chi connectivity index (χ2n) is 5.89. The number of nitrogens with zero attached hydrogens (tertiary/aromatic N) is 1. The second-order valence-corrected chi connectivity index (χ2v) is 6.92. The van der Waals surface area contributed by atoms with E-state index in [0.717, 1.165) is 10.2 Å². The van der Waals surface area contributed by atoms with Gasteiger partial charge in [0.2, 0.25) is 0 Å². The number of ether oxygens (including phenoxy) is 2. The molecule has 0 unspecified atom stereocenters. The van der Waals surface area contributed by atoms with Crippen LogP contribution in [-0.4, -0.2) is 24.6 Å². The van der Waals surface area contributed by atoms with Crippen LogP contribution < -0.4 is 14.8 Å². The van der Waals surface area contributed by atoms with Gasteiger partial charge >= 0.3 is 0 Å². The SMILES string of the molecule is COc1ccccc1OCC(=O)Nc1nc2ccc(C(C)C)cc2s1. The lowest BCUT2D eigenvalue weighted by atomic mass is 10.0. The van der Waals surface area contributed by atoms with Gasteiger partial charge in [0, 0.05) is 0 Å². The fourth-order valence-electron chi connectivity index (χ4n) is 2.39. The maximum absolute atomic E-state index is 12.1. The van der Waals surface area contributed by atoms with E-state index in [9.17, 15) is 4.79 Å². The fourth-order valence-corrected chi connectivity index (χ4v) is 3.32. The van der Waals surface area contributed by atoms with E-state index in [-0.39, 0.29) is 12.5 Å². The Balaban J connectivity index is 1.65. The Labute approximate surface area is 150 Å². The Morgan fingerprint density at radius 2 is 1.96 bits per heavy atom. The van der Waals surface area contributed by atoms with Crippen molar-refractivity contribution < 1.29 is 14.3 Å². The summed E-state index contributed by atoms with van der Waals surface area (Å²) in [6.07, 6.45) is 0. The molecule has 1 amide bonds. The normalized spacial score (nSPS) is 10.9. The Kier molecular flexibility index (Phi) is 5.19. The van der Waals surface area contributed by atoms with Crippen LogP contribution >= 0.6 is 11.3 Å². The molecule has 5 nitrogen and oxygen atoms in total. The molecule has 0 bridgehead atoms. The minimum atomic E-state index is -0.256. The Morgan fingerprint density at radius 1 is 1.20 bits per heavy atom. The average molecular weight is 356 g/mol. The van der Waals surface area contributed by atoms with Gasteiger partial charge in [-0.2, -0.15) is 0 Å². The number of thiazole rings is 1. The predicted molar refractivity (Wildman–Crippen MR) is 101 cm³/mol. The minimum absolute atomic E-state index is 0.104. The van der Waals surface area contributed by atoms with Crippen LogP contribution in [0, 0.1) is 0 Å². The van der Waals surface area contributed by atoms with Crippen LogP contribution in [0.4, 0.5) is 5.13 Å². The summed E-state index contributed by atoms with van der Waals surface area (Å²) in [4.78, 5) is 16.6. The molecular formula is C19H20N2O3S. The van der Waals surface area contributed by atoms with Crippen LogP contribution in [0.15, 0.2) is 42.5 Å². The predicted octanol–water partition coefficient (Wildman–Crippen LogP) is 4.45. The van der Waals surface area contributed by atoms with Crippen molar-refractivity contribution in [2.24, 2.45) is 0 Å². The molecule has 0 saturated carbocycles. The molecule has 0 fully saturated rings. The van der Waals surface area contributed by atoms with Gasteiger partial charge in [-0.05, 0) is 35.7 Å². The third kappa shape index (κ3) is 4.09. The fraction of sp³-hybridized carbons (Fsp3) is 0.263. The number of amides is 1. The Morgan fingerprint density at radius 3 is 2.68 bits per heavy atom. The molecule has 1 aromatic heterocycles. The molecule has 2 aromatic carbocycles. The first kappa shape index (κ1) is 17.2. The molecule has 0 aliphatic rings. The topological polar surface area (TPSA) is 60.5 Å². The first-order valence-electron chi connectivity index (χ1n) is 8.03. The summed E-state index contributed by atoms with van der Waals surface area (Å²) in [5, 5.41) is 3.36. The maximum Gasteiger partial charge on any atom is 0.264 e. The molecule has 0 aliphatic carbocycles. The first-order valence-corrected chi connectivity index (χ1v) is 8.84. The Hall–Kier alpha value is -2.60. The maximum atomic E-state index is 12.1. The molecule has 3 aromatic rings. The lowest BCUT2D eigenvalue weighted by molar-refractivity contribution is -0.118. The van der Waals surface area contributed by atoms with E-state index < -0.39 is 0 Å². The van der Waals surface area contributed by atoms with Crippen molar-refractivity contribution >= 4 is 32.6 Å². The van der Waals surface area contributed by atoms with E-state index >= 15 is 0 Å². The lowest BCUT2D eigenvalue weighted by Gasteiger charge is -2.09. The highest BCUT2D eigenvalue weighted by Gasteiger charge is 2.11. The van der Waals surface area contributed by atoms with E-state index in [4.69, 9.17) is 9.47 Å². The number of carbonyl (C=O) groups is 1. The number of methoxy groups -OCH3 is 1. The number of aromatic nitrogens is 1. The van der Waals surface area contributed by atoms with Gasteiger partial charge in [-0.15, -0.1) is 0 Å². The van der Waals surface area contributed by atoms with E-state index in [1.807, 2.05) is 18.2 Å². The number of rotatable bonds is 6. The summed E-state index contributed by atoms with van der Waals surface area (Å²) in [5.74, 6) is 1.33. The molecule has 0 atom stereocenters. The zero-order chi connectivity index (χ0) is 17.8. The van der Waals surface area contributed by atoms with Crippen molar-refractivity contribution in [2.75, 3.05) is 19.0 Å². The van der Waals surface area contributed by atoms with Crippen LogP contribution in [0.1, 0.15) is 25.3 Å². The molecule has 130 valence electrons. The van der Waals surface area contributed by atoms with Crippen molar-refractivity contribution in [3.63, 3.8) is 0 Å². The molecule has 0 aliphatic heterocycles. The van der Waals surface area contributed by atoms with Crippen molar-refractivity contribution in [2.45, 2.75) is 19.8 Å². The molecule has 0 saturated heterocycles. The molecule has 0 radical (unpaired) electrons. The number of hydrogen-bond acceptors (Lipinski definition) is 5. The number of fused-ring (bicyclic) bond motifs is 1. The van der Waals surface area contributed by atoms with Crippen LogP contribution in [0.2, 0.25) is 0 Å². The van der Waals surface area contributed by atoms with Crippen LogP contribution in [0.25, 0.3) is 10.2 Å². The van der Waals surface area contributed by atoms with Crippen LogP contribution in [0.5, 0.6) is 11.5 Å². The minimum Gasteiger partial charge on any atom is -0.493 e. The average Bonchev–Trinajstić information content (AvgIpc) is 3.01. The van der Waals surface area contributed by atoms with E-state index in [2.05, 4.69) is 36.3 Å². The molecule has 3 rings (SSSR count). The van der Waals surface area contributed by atoms with Gasteiger partial charge in [0.05, 0.1) is 17.3 Å². The van der Waals surface area contributed by atoms with Gasteiger partial charge in [0.15, 0.2) is 23.2 Å². The smallest absolute Gasteiger partial charge is 0.264 e. The number of carbonyl (C=O) groups excluding carboxylic acids is 1. The highest BCUT2D eigenvalue weighted by atomic mass is 32.1. The van der Waals surface area contributed by atoms with Gasteiger partial charge in [-0.1, -0.05) is 43.4 Å². The summed E-state index contributed by atoms with van der Waals surface area (Å²) in [6.45, 7) is 4.20. The van der Waals surface area contributed by atoms with Gasteiger partial charge in [0.25, 0.3) is 5.91 Å². The number of hydrogen-bond donors (Lipinski definition) is 1. The molecule has 25 heavy (non-hydrogen) atoms. The second kappa shape index (κ2) is 7.53. The van der Waals surface area contributed by atoms with E-state index in [1.54, 1.807) is 19.2 Å². The molecule has 0 spiro atoms. The quantitative estimate of drug-likeness (QED) is 0.709. The van der Waals surface area contributed by atoms with Gasteiger partial charge in [-0.3, -0.25) is 10.1 Å². The summed E-state index contributed by atoms with van der Waals surface area (Å²) in [5.41, 5.74) is 2.14. The first-order chi connectivity index (χ1) is 12.1. The van der Waals surface area contributed by atoms with Crippen molar-refractivity contribution in [3.8, 4) is 11.5 Å². The summed E-state index contributed by atoms with van der Waals surface area (Å²) in [6, 6.07) is 13.4. The van der Waals surface area contributed by atoms with Crippen molar-refractivity contribution in [1.29, 1.82) is 0 Å². The van der Waals surface area contributed by atoms with Crippen LogP contribution in [-0.2, 0) is 4.79 Å². The summed E-state index contributed by atoms with van der Waals surface area (Å²) < 4.78 is 11.8. The third-order valence-electron chi connectivity index (χ3n) is 3.75. The largest absolute Gasteiger partial charge is 0.493 e. The third-order valence-corrected chi connectivity index (χ3v) is 4.69. The van der Waals surface area contributed by atoms with Crippen molar-refractivity contribution in [1.82, 2.24) is 4.98 Å². The van der Waals surface area contributed by atoms with Gasteiger partial charge in [0.1, 0.15) is 0 Å². The van der Waals surface area contributed by atoms with Crippen LogP contribution in [0.3, 0.4) is 0 Å². The van der Waals surface area contributed by atoms with Crippen molar-refractivity contribution in [3.05, 3.63) is 48.0 Å². The molecular weight excluding hydrogens is 336 g/mol. The zero-order valence-corrected chi connectivity index (χ0v) is 15.2. The molecule has 1 N–H and O–H groups in total. The number of benzene rings is 2. The monoisotopic (exact) mass is 356 g/mol. The van der Waals surface area contributed by atoms with E-state index in [0.29, 0.717) is 22.5 Å². The van der Waals surface area contributed by atoms with E-state index in [1.165, 1.54) is 16.9 Å². The standard InChI is InChI=1S/C19H20N2O3S/c1-12(2)13-8-9-14-17(10-13)25-19(20-14)21-18(22)11-24-16-7-5-4-6-15(16)23-3/h4-10,12H,11H2,1-3H3,(H,20,21,22). The summed E-state index contributed by atoms with van der Waals surface area (Å²) >= 11 is 1.46. The highest BCUT2D eigenvalue weighted by Crippen LogP contribution is 2.29. The molecule has 6 heteroatoms. The number of para-hydroxylation sites is 2. The molecule has 1 heterocycles. The highest BCUT2D eigenvalue weighted by molar-refractivity contribution is 7.22. The van der Waals surface area contributed by atoms with Gasteiger partial charge in [-0.25, -0.2) is 4.98 Å². The zero-order valence-electron chi connectivity index (χ0n) is 14.4. The number of nitrogens with one attached hydrogen (secondary N) is 1. The lowest BCUT2D eigenvalue weighted by Crippen LogP contribution is -2.20. The number of anilines is 1. The Bertz CT molecular complexity index is 889.